The highest BCUT2D eigenvalue weighted by Gasteiger charge is 2.01. The summed E-state index contributed by atoms with van der Waals surface area (Å²) in [6.45, 7) is 6.36. The fraction of sp³-hybridized carbons (Fsp3) is 0.455. The first kappa shape index (κ1) is 22.5. The maximum Gasteiger partial charge on any atom is 0.333 e. The molecule has 27 heavy (non-hydrogen) atoms. The quantitative estimate of drug-likeness (QED) is 0.284. The van der Waals surface area contributed by atoms with Gasteiger partial charge in [-0.2, -0.15) is 0 Å². The third-order valence-corrected chi connectivity index (χ3v) is 3.88. The minimum Gasteiger partial charge on any atom is -0.494 e. The Labute approximate surface area is 162 Å². The van der Waals surface area contributed by atoms with Crippen molar-refractivity contribution in [2.45, 2.75) is 45.4 Å². The molecule has 0 aliphatic rings. The summed E-state index contributed by atoms with van der Waals surface area (Å²) in [5.74, 6) is 0.146. The van der Waals surface area contributed by atoms with Gasteiger partial charge in [0, 0.05) is 11.6 Å². The summed E-state index contributed by atoms with van der Waals surface area (Å²) >= 11 is 0. The summed E-state index contributed by atoms with van der Waals surface area (Å²) < 4.78 is 15.3. The van der Waals surface area contributed by atoms with E-state index in [1.807, 2.05) is 24.3 Å². The first-order valence-electron chi connectivity index (χ1n) is 9.34. The summed E-state index contributed by atoms with van der Waals surface area (Å²) in [5.41, 5.74) is 1.36. The first-order chi connectivity index (χ1) is 13.0. The molecule has 0 heterocycles. The van der Waals surface area contributed by atoms with Gasteiger partial charge in [-0.3, -0.25) is 0 Å². The van der Waals surface area contributed by atoms with E-state index in [4.69, 9.17) is 9.47 Å². The molecule has 0 atom stereocenters. The van der Waals surface area contributed by atoms with Crippen LogP contribution in [-0.2, 0) is 19.1 Å². The highest BCUT2D eigenvalue weighted by atomic mass is 16.5. The van der Waals surface area contributed by atoms with Crippen LogP contribution in [0.4, 0.5) is 0 Å². The molecular weight excluding hydrogens is 344 g/mol. The fourth-order valence-electron chi connectivity index (χ4n) is 2.30. The molecule has 148 valence electrons. The average Bonchev–Trinajstić information content (AvgIpc) is 2.68. The molecule has 0 spiro atoms. The van der Waals surface area contributed by atoms with Gasteiger partial charge in [-0.05, 0) is 43.5 Å². The Bertz CT molecular complexity index is 616. The highest BCUT2D eigenvalue weighted by molar-refractivity contribution is 5.87. The van der Waals surface area contributed by atoms with Gasteiger partial charge in [0.15, 0.2) is 0 Å². The second-order valence-corrected chi connectivity index (χ2v) is 6.31. The lowest BCUT2D eigenvalue weighted by atomic mass is 10.1. The zero-order chi connectivity index (χ0) is 19.9. The number of rotatable bonds is 13. The third-order valence-electron chi connectivity index (χ3n) is 3.88. The molecule has 0 aliphatic heterocycles. The van der Waals surface area contributed by atoms with E-state index in [1.165, 1.54) is 13.2 Å². The Balaban J connectivity index is 2.03. The number of hydrogen-bond donors (Lipinski definition) is 0. The van der Waals surface area contributed by atoms with Crippen molar-refractivity contribution >= 4 is 18.0 Å². The van der Waals surface area contributed by atoms with Crippen LogP contribution in [0.3, 0.4) is 0 Å². The van der Waals surface area contributed by atoms with Crippen LogP contribution >= 0.6 is 0 Å². The van der Waals surface area contributed by atoms with Gasteiger partial charge in [-0.25, -0.2) is 9.59 Å². The number of methoxy groups -OCH3 is 1. The predicted octanol–water partition coefficient (Wildman–Crippen LogP) is 4.71. The van der Waals surface area contributed by atoms with Crippen molar-refractivity contribution in [1.82, 2.24) is 0 Å². The van der Waals surface area contributed by atoms with Crippen LogP contribution in [0.2, 0.25) is 0 Å². The fourth-order valence-corrected chi connectivity index (χ4v) is 2.30. The van der Waals surface area contributed by atoms with Crippen molar-refractivity contribution in [1.29, 1.82) is 0 Å². The summed E-state index contributed by atoms with van der Waals surface area (Å²) in [5, 5.41) is 0. The van der Waals surface area contributed by atoms with E-state index in [2.05, 4.69) is 11.3 Å². The van der Waals surface area contributed by atoms with E-state index in [0.29, 0.717) is 18.8 Å². The molecular formula is C22H30O5. The highest BCUT2D eigenvalue weighted by Crippen LogP contribution is 2.14. The molecule has 1 aromatic rings. The number of carbonyl (C=O) groups excluding carboxylic acids is 2. The van der Waals surface area contributed by atoms with Crippen molar-refractivity contribution in [3.63, 3.8) is 0 Å². The Hall–Kier alpha value is -2.56. The smallest absolute Gasteiger partial charge is 0.333 e. The Morgan fingerprint density at radius 1 is 0.963 bits per heavy atom. The number of ether oxygens (including phenoxy) is 3. The summed E-state index contributed by atoms with van der Waals surface area (Å²) in [6.07, 6.45) is 9.45. The van der Waals surface area contributed by atoms with Crippen LogP contribution in [0.1, 0.15) is 51.0 Å². The lowest BCUT2D eigenvalue weighted by molar-refractivity contribution is -0.139. The van der Waals surface area contributed by atoms with Gasteiger partial charge >= 0.3 is 11.9 Å². The first-order valence-corrected chi connectivity index (χ1v) is 9.34. The van der Waals surface area contributed by atoms with Crippen LogP contribution in [-0.4, -0.2) is 32.3 Å². The predicted molar refractivity (Wildman–Crippen MR) is 106 cm³/mol. The molecule has 0 amide bonds. The lowest BCUT2D eigenvalue weighted by Crippen LogP contribution is -2.06. The summed E-state index contributed by atoms with van der Waals surface area (Å²) in [4.78, 5) is 22.2. The molecule has 0 N–H and O–H groups in total. The number of hydrogen-bond acceptors (Lipinski definition) is 5. The molecule has 5 nitrogen and oxygen atoms in total. The molecule has 1 rings (SSSR count). The van der Waals surface area contributed by atoms with Gasteiger partial charge in [-0.1, -0.05) is 44.4 Å². The van der Waals surface area contributed by atoms with Gasteiger partial charge in [-0.15, -0.1) is 0 Å². The molecule has 0 radical (unpaired) electrons. The van der Waals surface area contributed by atoms with Crippen molar-refractivity contribution < 1.29 is 23.8 Å². The van der Waals surface area contributed by atoms with E-state index in [1.54, 1.807) is 13.0 Å². The van der Waals surface area contributed by atoms with Gasteiger partial charge in [0.05, 0.1) is 20.3 Å². The normalized spacial score (nSPS) is 10.6. The molecule has 5 heteroatoms. The van der Waals surface area contributed by atoms with Crippen molar-refractivity contribution in [3.05, 3.63) is 48.1 Å². The Morgan fingerprint density at radius 2 is 1.56 bits per heavy atom. The van der Waals surface area contributed by atoms with Gasteiger partial charge in [0.1, 0.15) is 5.75 Å². The van der Waals surface area contributed by atoms with E-state index in [-0.39, 0.29) is 11.9 Å². The van der Waals surface area contributed by atoms with Gasteiger partial charge in [0.2, 0.25) is 0 Å². The maximum absolute atomic E-state index is 11.2. The lowest BCUT2D eigenvalue weighted by Gasteiger charge is -2.07. The van der Waals surface area contributed by atoms with Crippen LogP contribution < -0.4 is 4.74 Å². The minimum atomic E-state index is -0.372. The second-order valence-electron chi connectivity index (χ2n) is 6.31. The van der Waals surface area contributed by atoms with Crippen LogP contribution in [0.5, 0.6) is 5.75 Å². The van der Waals surface area contributed by atoms with E-state index in [0.717, 1.165) is 49.8 Å². The largest absolute Gasteiger partial charge is 0.494 e. The Kier molecular flexibility index (Phi) is 11.3. The molecule has 1 aromatic carbocycles. The molecule has 0 saturated heterocycles. The second kappa shape index (κ2) is 13.6. The zero-order valence-electron chi connectivity index (χ0n) is 16.4. The van der Waals surface area contributed by atoms with Gasteiger partial charge in [0.25, 0.3) is 0 Å². The zero-order valence-corrected chi connectivity index (χ0v) is 16.4. The summed E-state index contributed by atoms with van der Waals surface area (Å²) in [6, 6.07) is 7.58. The van der Waals surface area contributed by atoms with Gasteiger partial charge < -0.3 is 14.2 Å². The summed E-state index contributed by atoms with van der Waals surface area (Å²) in [7, 11) is 1.35. The molecule has 0 fully saturated rings. The molecule has 0 saturated carbocycles. The number of carbonyl (C=O) groups is 2. The third kappa shape index (κ3) is 10.9. The minimum absolute atomic E-state index is 0.306. The molecule has 0 aromatic heterocycles. The number of benzene rings is 1. The Morgan fingerprint density at radius 3 is 2.15 bits per heavy atom. The standard InChI is InChI=1S/C22H30O5/c1-18(2)22(24)27-17-9-7-5-4-6-8-16-26-20-13-10-19(11-14-20)12-15-21(23)25-3/h10-15H,1,4-9,16-17H2,2-3H3/b15-12+. The monoisotopic (exact) mass is 374 g/mol. The number of esters is 2. The van der Waals surface area contributed by atoms with Crippen LogP contribution in [0.15, 0.2) is 42.5 Å². The molecule has 0 bridgehead atoms. The van der Waals surface area contributed by atoms with E-state index in [9.17, 15) is 9.59 Å². The molecule has 0 aliphatic carbocycles. The number of unbranched alkanes of at least 4 members (excludes halogenated alkanes) is 5. The maximum atomic E-state index is 11.2. The van der Waals surface area contributed by atoms with Crippen molar-refractivity contribution in [2.75, 3.05) is 20.3 Å². The van der Waals surface area contributed by atoms with Crippen LogP contribution in [0, 0.1) is 0 Å². The topological polar surface area (TPSA) is 61.8 Å². The average molecular weight is 374 g/mol. The van der Waals surface area contributed by atoms with Crippen molar-refractivity contribution in [2.24, 2.45) is 0 Å². The van der Waals surface area contributed by atoms with E-state index >= 15 is 0 Å². The van der Waals surface area contributed by atoms with Crippen LogP contribution in [0.25, 0.3) is 6.08 Å². The SMILES string of the molecule is C=C(C)C(=O)OCCCCCCCCOc1ccc(/C=C/C(=O)OC)cc1. The molecule has 0 unspecified atom stereocenters. The van der Waals surface area contributed by atoms with E-state index < -0.39 is 0 Å². The van der Waals surface area contributed by atoms with Crippen molar-refractivity contribution in [3.8, 4) is 5.75 Å².